The van der Waals surface area contributed by atoms with Crippen LogP contribution in [0.25, 0.3) is 33.4 Å². The summed E-state index contributed by atoms with van der Waals surface area (Å²) in [5.74, 6) is -2.62. The van der Waals surface area contributed by atoms with Crippen LogP contribution >= 0.6 is 0 Å². The van der Waals surface area contributed by atoms with Gasteiger partial charge in [0.25, 0.3) is 0 Å². The lowest BCUT2D eigenvalue weighted by molar-refractivity contribution is 0.513. The van der Waals surface area contributed by atoms with Gasteiger partial charge in [-0.05, 0) is 22.8 Å². The fraction of sp³-hybridized carbons (Fsp3) is 0. The maximum atomic E-state index is 14.8. The molecule has 0 atom stereocenters. The van der Waals surface area contributed by atoms with Gasteiger partial charge in [-0.3, -0.25) is 0 Å². The number of hydrogen-bond donors (Lipinski definition) is 0. The predicted octanol–water partition coefficient (Wildman–Crippen LogP) is 5.36. The van der Waals surface area contributed by atoms with E-state index < -0.39 is 17.5 Å². The summed E-state index contributed by atoms with van der Waals surface area (Å²) in [5.41, 5.74) is 3.24. The highest BCUT2D eigenvalue weighted by Gasteiger charge is 2.18. The summed E-state index contributed by atoms with van der Waals surface area (Å²) >= 11 is 0. The third-order valence-electron chi connectivity index (χ3n) is 4.81. The van der Waals surface area contributed by atoms with Crippen LogP contribution in [0.4, 0.5) is 13.2 Å². The lowest BCUT2D eigenvalue weighted by atomic mass is 9.92. The van der Waals surface area contributed by atoms with Crippen molar-refractivity contribution in [1.29, 1.82) is 0 Å². The molecule has 0 aliphatic carbocycles. The molecule has 4 rings (SSSR count). The van der Waals surface area contributed by atoms with E-state index in [0.29, 0.717) is 11.1 Å². The van der Waals surface area contributed by atoms with Crippen LogP contribution in [0.2, 0.25) is 0 Å². The largest absolute Gasteiger partial charge is 0.206 e. The molecule has 0 spiro atoms. The standard InChI is InChI=1S/C24H16BF3/c25-18-9-6-16(7-10-18)19-12-13-21(24(28)23(19)27)20-11-8-17(14-22(20)26)15-4-2-1-3-5-15/h1-14H,25H2. The van der Waals surface area contributed by atoms with Gasteiger partial charge in [0.1, 0.15) is 13.7 Å². The van der Waals surface area contributed by atoms with E-state index in [1.165, 1.54) is 24.3 Å². The van der Waals surface area contributed by atoms with Gasteiger partial charge >= 0.3 is 0 Å². The Balaban J connectivity index is 1.76. The number of halogens is 3. The molecule has 4 aromatic carbocycles. The Morgan fingerprint density at radius 3 is 1.75 bits per heavy atom. The number of hydrogen-bond acceptors (Lipinski definition) is 0. The van der Waals surface area contributed by atoms with Crippen molar-refractivity contribution in [3.05, 3.63) is 102 Å². The molecule has 0 saturated heterocycles. The van der Waals surface area contributed by atoms with Crippen molar-refractivity contribution in [3.63, 3.8) is 0 Å². The summed E-state index contributed by atoms with van der Waals surface area (Å²) in [7, 11) is 1.92. The Morgan fingerprint density at radius 2 is 1.07 bits per heavy atom. The highest BCUT2D eigenvalue weighted by Crippen LogP contribution is 2.34. The molecule has 28 heavy (non-hydrogen) atoms. The van der Waals surface area contributed by atoms with Gasteiger partial charge in [-0.15, -0.1) is 0 Å². The topological polar surface area (TPSA) is 0 Å². The van der Waals surface area contributed by atoms with Crippen LogP contribution in [0.3, 0.4) is 0 Å². The first-order valence-corrected chi connectivity index (χ1v) is 8.95. The van der Waals surface area contributed by atoms with Crippen LogP contribution in [0.15, 0.2) is 84.9 Å². The van der Waals surface area contributed by atoms with Gasteiger partial charge in [0, 0.05) is 16.7 Å². The fourth-order valence-electron chi connectivity index (χ4n) is 3.26. The molecule has 0 amide bonds. The second kappa shape index (κ2) is 7.39. The van der Waals surface area contributed by atoms with Gasteiger partial charge in [0.05, 0.1) is 0 Å². The molecule has 0 unspecified atom stereocenters. The Hall–Kier alpha value is -3.27. The Kier molecular flexibility index (Phi) is 4.78. The molecule has 0 heterocycles. The van der Waals surface area contributed by atoms with E-state index in [2.05, 4.69) is 0 Å². The molecule has 4 heteroatoms. The first-order valence-electron chi connectivity index (χ1n) is 8.95. The van der Waals surface area contributed by atoms with Crippen LogP contribution in [0.1, 0.15) is 0 Å². The van der Waals surface area contributed by atoms with Gasteiger partial charge in [0.15, 0.2) is 11.6 Å². The average molecular weight is 372 g/mol. The summed E-state index contributed by atoms with van der Waals surface area (Å²) in [4.78, 5) is 0. The maximum absolute atomic E-state index is 14.8. The molecule has 0 aliphatic heterocycles. The maximum Gasteiger partial charge on any atom is 0.167 e. The van der Waals surface area contributed by atoms with Crippen molar-refractivity contribution in [3.8, 4) is 33.4 Å². The molecule has 0 aliphatic rings. The third-order valence-corrected chi connectivity index (χ3v) is 4.81. The zero-order valence-corrected chi connectivity index (χ0v) is 15.2. The summed E-state index contributed by atoms with van der Waals surface area (Å²) in [5, 5.41) is 0. The van der Waals surface area contributed by atoms with Crippen molar-refractivity contribution in [2.24, 2.45) is 0 Å². The molecular weight excluding hydrogens is 356 g/mol. The van der Waals surface area contributed by atoms with Gasteiger partial charge < -0.3 is 0 Å². The van der Waals surface area contributed by atoms with Crippen LogP contribution in [0.5, 0.6) is 0 Å². The van der Waals surface area contributed by atoms with Gasteiger partial charge in [-0.2, -0.15) is 0 Å². The van der Waals surface area contributed by atoms with Gasteiger partial charge in [-0.1, -0.05) is 84.3 Å². The van der Waals surface area contributed by atoms with E-state index in [0.717, 1.165) is 11.0 Å². The first-order chi connectivity index (χ1) is 13.5. The van der Waals surface area contributed by atoms with Crippen molar-refractivity contribution in [1.82, 2.24) is 0 Å². The quantitative estimate of drug-likeness (QED) is 0.425. The molecule has 4 aromatic rings. The third kappa shape index (κ3) is 3.34. The molecule has 0 nitrogen and oxygen atoms in total. The van der Waals surface area contributed by atoms with E-state index in [-0.39, 0.29) is 16.7 Å². The van der Waals surface area contributed by atoms with Crippen molar-refractivity contribution < 1.29 is 13.2 Å². The summed E-state index contributed by atoms with van der Waals surface area (Å²) in [6, 6.07) is 23.9. The summed E-state index contributed by atoms with van der Waals surface area (Å²) < 4.78 is 44.2. The van der Waals surface area contributed by atoms with Gasteiger partial charge in [0.2, 0.25) is 0 Å². The SMILES string of the molecule is Bc1ccc(-c2ccc(-c3ccc(-c4ccccc4)cc3F)c(F)c2F)cc1. The Morgan fingerprint density at radius 1 is 0.500 bits per heavy atom. The first kappa shape index (κ1) is 18.1. The van der Waals surface area contributed by atoms with Crippen molar-refractivity contribution in [2.45, 2.75) is 0 Å². The number of benzene rings is 4. The zero-order chi connectivity index (χ0) is 19.7. The number of rotatable bonds is 3. The van der Waals surface area contributed by atoms with Crippen LogP contribution in [0, 0.1) is 17.5 Å². The average Bonchev–Trinajstić information content (AvgIpc) is 2.72. The Bertz CT molecular complexity index is 1140. The molecule has 136 valence electrons. The lowest BCUT2D eigenvalue weighted by Gasteiger charge is -2.11. The fourth-order valence-corrected chi connectivity index (χ4v) is 3.26. The van der Waals surface area contributed by atoms with E-state index in [4.69, 9.17) is 0 Å². The van der Waals surface area contributed by atoms with Crippen LogP contribution < -0.4 is 5.46 Å². The minimum Gasteiger partial charge on any atom is -0.206 e. The second-order valence-electron chi connectivity index (χ2n) is 6.72. The minimum atomic E-state index is -1.05. The van der Waals surface area contributed by atoms with Crippen LogP contribution in [-0.2, 0) is 0 Å². The van der Waals surface area contributed by atoms with E-state index in [9.17, 15) is 13.2 Å². The van der Waals surface area contributed by atoms with Crippen molar-refractivity contribution in [2.75, 3.05) is 0 Å². The summed E-state index contributed by atoms with van der Waals surface area (Å²) in [6.45, 7) is 0. The minimum absolute atomic E-state index is 0.0338. The van der Waals surface area contributed by atoms with E-state index in [1.807, 2.05) is 50.3 Å². The highest BCUT2D eigenvalue weighted by atomic mass is 19.2. The lowest BCUT2D eigenvalue weighted by Crippen LogP contribution is -2.00. The molecule has 0 radical (unpaired) electrons. The predicted molar refractivity (Wildman–Crippen MR) is 111 cm³/mol. The molecule has 0 N–H and O–H groups in total. The smallest absolute Gasteiger partial charge is 0.167 e. The summed E-state index contributed by atoms with van der Waals surface area (Å²) in [6.07, 6.45) is 0. The van der Waals surface area contributed by atoms with E-state index in [1.54, 1.807) is 18.2 Å². The molecule has 0 fully saturated rings. The molecule has 0 bridgehead atoms. The second-order valence-corrected chi connectivity index (χ2v) is 6.72. The monoisotopic (exact) mass is 372 g/mol. The molecular formula is C24H16BF3. The van der Waals surface area contributed by atoms with E-state index >= 15 is 0 Å². The molecule has 0 saturated carbocycles. The van der Waals surface area contributed by atoms with Crippen LogP contribution in [-0.4, -0.2) is 7.85 Å². The zero-order valence-electron chi connectivity index (χ0n) is 15.2. The van der Waals surface area contributed by atoms with Crippen molar-refractivity contribution >= 4 is 13.3 Å². The normalized spacial score (nSPS) is 10.8. The molecule has 0 aromatic heterocycles. The highest BCUT2D eigenvalue weighted by molar-refractivity contribution is 6.32. The Labute approximate surface area is 162 Å². The van der Waals surface area contributed by atoms with Gasteiger partial charge in [-0.25, -0.2) is 13.2 Å².